The summed E-state index contributed by atoms with van der Waals surface area (Å²) in [6.45, 7) is 4.56. The van der Waals surface area contributed by atoms with Gasteiger partial charge in [-0.1, -0.05) is 5.92 Å². The second-order valence-electron chi connectivity index (χ2n) is 4.10. The Morgan fingerprint density at radius 1 is 1.47 bits per heavy atom. The Morgan fingerprint density at radius 2 is 2.20 bits per heavy atom. The molecule has 0 unspecified atom stereocenters. The van der Waals surface area contributed by atoms with Crippen LogP contribution in [0, 0.1) is 12.0 Å². The molecule has 1 amide bonds. The van der Waals surface area contributed by atoms with Crippen LogP contribution in [-0.4, -0.2) is 42.6 Å². The van der Waals surface area contributed by atoms with E-state index in [2.05, 4.69) is 22.2 Å². The van der Waals surface area contributed by atoms with E-state index >= 15 is 0 Å². The molecule has 0 radical (unpaired) electrons. The van der Waals surface area contributed by atoms with E-state index in [-0.39, 0.29) is 18.1 Å². The fraction of sp³-hybridized carbons (Fsp3) is 0.727. The molecule has 0 aliphatic carbocycles. The zero-order valence-electron chi connectivity index (χ0n) is 9.01. The van der Waals surface area contributed by atoms with E-state index in [0.29, 0.717) is 6.54 Å². The lowest BCUT2D eigenvalue weighted by Gasteiger charge is -2.42. The number of likely N-dealkylation sites (tertiary alicyclic amines) is 1. The molecule has 0 bridgehead atoms. The Morgan fingerprint density at radius 3 is 2.73 bits per heavy atom. The maximum Gasteiger partial charge on any atom is 0.246 e. The van der Waals surface area contributed by atoms with Gasteiger partial charge in [0.05, 0.1) is 5.60 Å². The molecule has 2 saturated heterocycles. The van der Waals surface area contributed by atoms with Crippen molar-refractivity contribution in [2.24, 2.45) is 0 Å². The first-order valence-corrected chi connectivity index (χ1v) is 5.32. The molecule has 2 aliphatic heterocycles. The topological polar surface area (TPSA) is 41.6 Å². The lowest BCUT2D eigenvalue weighted by atomic mass is 9.90. The van der Waals surface area contributed by atoms with Crippen molar-refractivity contribution in [2.45, 2.75) is 25.4 Å². The van der Waals surface area contributed by atoms with E-state index in [1.165, 1.54) is 0 Å². The number of carbonyl (C=O) groups excluding carboxylic acids is 1. The van der Waals surface area contributed by atoms with Gasteiger partial charge in [0, 0.05) is 25.7 Å². The minimum Gasteiger partial charge on any atom is -0.363 e. The molecule has 2 rings (SSSR count). The molecular formula is C11H16N2O2. The van der Waals surface area contributed by atoms with Crippen LogP contribution in [0.25, 0.3) is 0 Å². The van der Waals surface area contributed by atoms with Crippen LogP contribution in [0.4, 0.5) is 0 Å². The third-order valence-electron chi connectivity index (χ3n) is 3.06. The summed E-state index contributed by atoms with van der Waals surface area (Å²) in [5, 5.41) is 2.87. The Bertz CT molecular complexity index is 296. The first-order chi connectivity index (χ1) is 7.24. The van der Waals surface area contributed by atoms with E-state index in [4.69, 9.17) is 4.74 Å². The van der Waals surface area contributed by atoms with Gasteiger partial charge in [0.1, 0.15) is 6.61 Å². The number of ether oxygens (including phenoxy) is 1. The highest BCUT2D eigenvalue weighted by Crippen LogP contribution is 2.27. The molecule has 4 heteroatoms. The lowest BCUT2D eigenvalue weighted by Crippen LogP contribution is -2.56. The molecule has 0 aromatic rings. The second-order valence-corrected chi connectivity index (χ2v) is 4.10. The van der Waals surface area contributed by atoms with Gasteiger partial charge in [0.15, 0.2) is 0 Å². The number of hydrogen-bond donors (Lipinski definition) is 1. The Balaban J connectivity index is 1.91. The summed E-state index contributed by atoms with van der Waals surface area (Å²) < 4.78 is 5.66. The van der Waals surface area contributed by atoms with Crippen molar-refractivity contribution < 1.29 is 9.53 Å². The van der Waals surface area contributed by atoms with Crippen molar-refractivity contribution >= 4 is 5.91 Å². The maximum absolute atomic E-state index is 11.0. The van der Waals surface area contributed by atoms with E-state index < -0.39 is 0 Å². The fourth-order valence-corrected chi connectivity index (χ4v) is 2.09. The van der Waals surface area contributed by atoms with Gasteiger partial charge in [-0.05, 0) is 19.8 Å². The third kappa shape index (κ3) is 2.24. The number of rotatable bonds is 0. The highest BCUT2D eigenvalue weighted by Gasteiger charge is 2.38. The number of amides is 1. The van der Waals surface area contributed by atoms with Crippen LogP contribution in [0.1, 0.15) is 19.8 Å². The van der Waals surface area contributed by atoms with E-state index in [1.54, 1.807) is 0 Å². The summed E-state index contributed by atoms with van der Waals surface area (Å²) >= 11 is 0. The van der Waals surface area contributed by atoms with Crippen LogP contribution in [0.2, 0.25) is 0 Å². The maximum atomic E-state index is 11.0. The molecule has 2 aliphatic rings. The summed E-state index contributed by atoms with van der Waals surface area (Å²) in [7, 11) is 0. The minimum absolute atomic E-state index is 0.00333. The molecule has 2 heterocycles. The highest BCUT2D eigenvalue weighted by molar-refractivity contribution is 5.78. The third-order valence-corrected chi connectivity index (χ3v) is 3.06. The zero-order chi connectivity index (χ0) is 10.7. The van der Waals surface area contributed by atoms with Gasteiger partial charge < -0.3 is 15.0 Å². The van der Waals surface area contributed by atoms with E-state index in [0.717, 1.165) is 25.9 Å². The van der Waals surface area contributed by atoms with Crippen LogP contribution < -0.4 is 5.32 Å². The lowest BCUT2D eigenvalue weighted by molar-refractivity contribution is -0.149. The molecule has 0 aromatic carbocycles. The van der Waals surface area contributed by atoms with Crippen molar-refractivity contribution in [1.82, 2.24) is 10.2 Å². The number of hydrogen-bond acceptors (Lipinski definition) is 3. The fourth-order valence-electron chi connectivity index (χ4n) is 2.09. The molecular weight excluding hydrogens is 192 g/mol. The number of piperidine rings is 1. The number of morpholine rings is 1. The van der Waals surface area contributed by atoms with E-state index in [9.17, 15) is 4.79 Å². The average Bonchev–Trinajstić information content (AvgIpc) is 2.27. The first-order valence-electron chi connectivity index (χ1n) is 5.32. The smallest absolute Gasteiger partial charge is 0.246 e. The van der Waals surface area contributed by atoms with E-state index in [1.807, 2.05) is 6.92 Å². The van der Waals surface area contributed by atoms with Crippen LogP contribution in [0.5, 0.6) is 0 Å². The van der Waals surface area contributed by atoms with Crippen molar-refractivity contribution in [1.29, 1.82) is 0 Å². The number of nitrogens with one attached hydrogen (secondary N) is 1. The van der Waals surface area contributed by atoms with Crippen LogP contribution >= 0.6 is 0 Å². The van der Waals surface area contributed by atoms with Crippen molar-refractivity contribution in [3.63, 3.8) is 0 Å². The Hall–Kier alpha value is -1.21. The molecule has 82 valence electrons. The SMILES string of the molecule is CC#CN1CCC2(CC1)CNC(=O)CO2. The summed E-state index contributed by atoms with van der Waals surface area (Å²) in [5.74, 6) is 2.90. The molecule has 1 N–H and O–H groups in total. The van der Waals surface area contributed by atoms with Gasteiger partial charge in [0.25, 0.3) is 0 Å². The van der Waals surface area contributed by atoms with Crippen LogP contribution in [-0.2, 0) is 9.53 Å². The van der Waals surface area contributed by atoms with Gasteiger partial charge in [-0.25, -0.2) is 0 Å². The molecule has 1 spiro atoms. The average molecular weight is 208 g/mol. The summed E-state index contributed by atoms with van der Waals surface area (Å²) in [6.07, 6.45) is 1.89. The summed E-state index contributed by atoms with van der Waals surface area (Å²) in [5.41, 5.74) is -0.125. The second kappa shape index (κ2) is 4.11. The van der Waals surface area contributed by atoms with Gasteiger partial charge >= 0.3 is 0 Å². The standard InChI is InChI=1S/C11H16N2O2/c1-2-5-13-6-3-11(4-7-13)9-12-10(14)8-15-11/h3-4,6-9H2,1H3,(H,12,14). The van der Waals surface area contributed by atoms with Gasteiger partial charge in [-0.15, -0.1) is 0 Å². The highest BCUT2D eigenvalue weighted by atomic mass is 16.5. The number of carbonyl (C=O) groups is 1. The van der Waals surface area contributed by atoms with Crippen molar-refractivity contribution in [3.05, 3.63) is 0 Å². The first kappa shape index (κ1) is 10.3. The normalized spacial score (nSPS) is 24.3. The summed E-state index contributed by atoms with van der Waals surface area (Å²) in [4.78, 5) is 13.1. The van der Waals surface area contributed by atoms with Crippen molar-refractivity contribution in [3.8, 4) is 12.0 Å². The summed E-state index contributed by atoms with van der Waals surface area (Å²) in [6, 6.07) is 3.06. The Kier molecular flexibility index (Phi) is 2.83. The largest absolute Gasteiger partial charge is 0.363 e. The quantitative estimate of drug-likeness (QED) is 0.567. The molecule has 2 fully saturated rings. The monoisotopic (exact) mass is 208 g/mol. The van der Waals surface area contributed by atoms with Gasteiger partial charge in [-0.2, -0.15) is 0 Å². The predicted octanol–water partition coefficient (Wildman–Crippen LogP) is -0.0518. The predicted molar refractivity (Wildman–Crippen MR) is 55.9 cm³/mol. The van der Waals surface area contributed by atoms with Gasteiger partial charge in [-0.3, -0.25) is 4.79 Å². The molecule has 0 aromatic heterocycles. The van der Waals surface area contributed by atoms with Crippen LogP contribution in [0.15, 0.2) is 0 Å². The van der Waals surface area contributed by atoms with Crippen LogP contribution in [0.3, 0.4) is 0 Å². The van der Waals surface area contributed by atoms with Crippen molar-refractivity contribution in [2.75, 3.05) is 26.2 Å². The molecule has 0 saturated carbocycles. The Labute approximate surface area is 90.0 Å². The number of nitrogens with zero attached hydrogens (tertiary/aromatic N) is 1. The minimum atomic E-state index is -0.125. The molecule has 4 nitrogen and oxygen atoms in total. The molecule has 15 heavy (non-hydrogen) atoms. The zero-order valence-corrected chi connectivity index (χ0v) is 9.01. The van der Waals surface area contributed by atoms with Gasteiger partial charge in [0.2, 0.25) is 5.91 Å². The molecule has 0 atom stereocenters.